The van der Waals surface area contributed by atoms with Crippen LogP contribution in [0, 0.1) is 0 Å². The largest absolute Gasteiger partial charge is 0.491 e. The van der Waals surface area contributed by atoms with E-state index < -0.39 is 0 Å². The monoisotopic (exact) mass is 443 g/mol. The molecule has 1 atom stereocenters. The van der Waals surface area contributed by atoms with E-state index in [0.29, 0.717) is 44.4 Å². The Morgan fingerprint density at radius 1 is 1.19 bits per heavy atom. The highest BCUT2D eigenvalue weighted by Gasteiger charge is 2.19. The van der Waals surface area contributed by atoms with Crippen LogP contribution >= 0.6 is 0 Å². The summed E-state index contributed by atoms with van der Waals surface area (Å²) in [5.41, 5.74) is 2.73. The van der Waals surface area contributed by atoms with E-state index in [1.54, 1.807) is 19.5 Å². The Labute approximate surface area is 189 Å². The van der Waals surface area contributed by atoms with Crippen LogP contribution in [-0.4, -0.2) is 83.2 Å². The highest BCUT2D eigenvalue weighted by Crippen LogP contribution is 2.31. The fraction of sp³-hybridized carbons (Fsp3) is 0.478. The first-order valence-electron chi connectivity index (χ1n) is 10.8. The molecule has 2 amide bonds. The lowest BCUT2D eigenvalue weighted by atomic mass is 10.1. The first kappa shape index (κ1) is 23.8. The van der Waals surface area contributed by atoms with Crippen LogP contribution in [0.4, 0.5) is 16.2 Å². The fourth-order valence-electron chi connectivity index (χ4n) is 3.57. The van der Waals surface area contributed by atoms with Gasteiger partial charge in [0, 0.05) is 45.2 Å². The molecule has 0 saturated carbocycles. The van der Waals surface area contributed by atoms with E-state index in [-0.39, 0.29) is 12.1 Å². The van der Waals surface area contributed by atoms with Crippen molar-refractivity contribution in [1.82, 2.24) is 15.2 Å². The summed E-state index contributed by atoms with van der Waals surface area (Å²) in [7, 11) is 5.61. The van der Waals surface area contributed by atoms with Gasteiger partial charge < -0.3 is 34.6 Å². The average Bonchev–Trinajstić information content (AvgIpc) is 2.81. The van der Waals surface area contributed by atoms with Crippen molar-refractivity contribution >= 4 is 17.4 Å². The molecule has 1 aliphatic heterocycles. The normalized spacial score (nSPS) is 14.8. The van der Waals surface area contributed by atoms with Crippen molar-refractivity contribution in [2.45, 2.75) is 6.04 Å². The Morgan fingerprint density at radius 3 is 2.62 bits per heavy atom. The van der Waals surface area contributed by atoms with Crippen molar-refractivity contribution in [3.63, 3.8) is 0 Å². The zero-order valence-electron chi connectivity index (χ0n) is 19.0. The van der Waals surface area contributed by atoms with E-state index in [4.69, 9.17) is 14.2 Å². The fourth-order valence-corrected chi connectivity index (χ4v) is 3.57. The van der Waals surface area contributed by atoms with Crippen LogP contribution in [0.5, 0.6) is 5.75 Å². The first-order valence-corrected chi connectivity index (χ1v) is 10.8. The second-order valence-electron chi connectivity index (χ2n) is 7.71. The number of ether oxygens (including phenoxy) is 3. The second kappa shape index (κ2) is 12.2. The number of urea groups is 1. The van der Waals surface area contributed by atoms with Crippen molar-refractivity contribution in [1.29, 1.82) is 0 Å². The molecule has 2 aromatic rings. The van der Waals surface area contributed by atoms with Gasteiger partial charge >= 0.3 is 6.03 Å². The number of likely N-dealkylation sites (N-methyl/N-ethyl adjacent to an activating group) is 1. The molecule has 2 N–H and O–H groups in total. The molecule has 9 heteroatoms. The van der Waals surface area contributed by atoms with E-state index in [2.05, 4.69) is 25.4 Å². The molecule has 1 aromatic heterocycles. The Kier molecular flexibility index (Phi) is 9.09. The maximum absolute atomic E-state index is 12.8. The summed E-state index contributed by atoms with van der Waals surface area (Å²) in [6.07, 6.45) is 3.52. The molecule has 0 bridgehead atoms. The number of nitrogens with one attached hydrogen (secondary N) is 2. The maximum Gasteiger partial charge on any atom is 0.319 e. The lowest BCUT2D eigenvalue weighted by Gasteiger charge is -2.31. The molecule has 174 valence electrons. The van der Waals surface area contributed by atoms with Gasteiger partial charge in [0.1, 0.15) is 12.4 Å². The predicted molar refractivity (Wildman–Crippen MR) is 125 cm³/mol. The summed E-state index contributed by atoms with van der Waals surface area (Å²) in [6, 6.07) is 9.42. The van der Waals surface area contributed by atoms with Crippen molar-refractivity contribution in [3.8, 4) is 5.75 Å². The highest BCUT2D eigenvalue weighted by molar-refractivity contribution is 5.93. The van der Waals surface area contributed by atoms with Crippen LogP contribution in [0.3, 0.4) is 0 Å². The van der Waals surface area contributed by atoms with Gasteiger partial charge in [0.25, 0.3) is 0 Å². The number of carbonyl (C=O) groups is 1. The number of anilines is 2. The van der Waals surface area contributed by atoms with Gasteiger partial charge in [0.15, 0.2) is 0 Å². The molecule has 1 aliphatic rings. The molecule has 1 unspecified atom stereocenters. The van der Waals surface area contributed by atoms with E-state index in [1.165, 1.54) is 0 Å². The Balaban J connectivity index is 1.69. The third kappa shape index (κ3) is 6.81. The summed E-state index contributed by atoms with van der Waals surface area (Å²) in [4.78, 5) is 21.2. The number of pyridine rings is 1. The molecule has 32 heavy (non-hydrogen) atoms. The summed E-state index contributed by atoms with van der Waals surface area (Å²) in [6.45, 7) is 4.25. The minimum Gasteiger partial charge on any atom is -0.491 e. The molecule has 3 rings (SSSR count). The minimum atomic E-state index is -0.269. The molecule has 0 spiro atoms. The third-order valence-electron chi connectivity index (χ3n) is 5.29. The van der Waals surface area contributed by atoms with E-state index in [0.717, 1.165) is 24.3 Å². The molecule has 0 aliphatic carbocycles. The van der Waals surface area contributed by atoms with Gasteiger partial charge in [0.05, 0.1) is 37.2 Å². The van der Waals surface area contributed by atoms with Crippen LogP contribution in [0.1, 0.15) is 11.6 Å². The zero-order chi connectivity index (χ0) is 22.8. The van der Waals surface area contributed by atoms with Crippen LogP contribution in [0.2, 0.25) is 0 Å². The number of benzene rings is 1. The maximum atomic E-state index is 12.8. The van der Waals surface area contributed by atoms with Crippen molar-refractivity contribution < 1.29 is 19.0 Å². The van der Waals surface area contributed by atoms with Crippen molar-refractivity contribution in [2.24, 2.45) is 0 Å². The zero-order valence-corrected chi connectivity index (χ0v) is 19.0. The number of hydrogen-bond donors (Lipinski definition) is 2. The lowest BCUT2D eigenvalue weighted by Crippen LogP contribution is -2.39. The molecule has 1 fully saturated rings. The van der Waals surface area contributed by atoms with E-state index >= 15 is 0 Å². The number of hydrogen-bond acceptors (Lipinski definition) is 7. The van der Waals surface area contributed by atoms with E-state index in [1.807, 2.05) is 44.4 Å². The number of aromatic nitrogens is 1. The van der Waals surface area contributed by atoms with Gasteiger partial charge in [-0.1, -0.05) is 0 Å². The summed E-state index contributed by atoms with van der Waals surface area (Å²) in [5, 5.41) is 6.01. The lowest BCUT2D eigenvalue weighted by molar-refractivity contribution is 0.122. The average molecular weight is 444 g/mol. The van der Waals surface area contributed by atoms with E-state index in [9.17, 15) is 4.79 Å². The second-order valence-corrected chi connectivity index (χ2v) is 7.71. The summed E-state index contributed by atoms with van der Waals surface area (Å²) in [5.74, 6) is 0.678. The SMILES string of the molecule is COCCOc1ccc(N2CCOCC2)c(NC(=O)NCC(c2ccncc2)N(C)C)c1. The number of carbonyl (C=O) groups excluding carboxylic acids is 1. The molecule has 1 saturated heterocycles. The topological polar surface area (TPSA) is 88.2 Å². The third-order valence-corrected chi connectivity index (χ3v) is 5.29. The highest BCUT2D eigenvalue weighted by atomic mass is 16.5. The summed E-state index contributed by atoms with van der Waals surface area (Å²) >= 11 is 0. The molecule has 0 radical (unpaired) electrons. The van der Waals surface area contributed by atoms with Gasteiger partial charge in [-0.25, -0.2) is 4.79 Å². The van der Waals surface area contributed by atoms with Gasteiger partial charge in [-0.3, -0.25) is 4.98 Å². The number of nitrogens with zero attached hydrogens (tertiary/aromatic N) is 3. The van der Waals surface area contributed by atoms with Crippen molar-refractivity contribution in [2.75, 3.05) is 77.5 Å². The van der Waals surface area contributed by atoms with Crippen LogP contribution in [0.15, 0.2) is 42.7 Å². The van der Waals surface area contributed by atoms with Crippen LogP contribution < -0.4 is 20.3 Å². The van der Waals surface area contributed by atoms with Gasteiger partial charge in [0.2, 0.25) is 0 Å². The number of amides is 2. The number of rotatable bonds is 10. The Hall–Kier alpha value is -2.88. The Bertz CT molecular complexity index is 844. The van der Waals surface area contributed by atoms with Gasteiger partial charge in [-0.2, -0.15) is 0 Å². The number of methoxy groups -OCH3 is 1. The standard InChI is InChI=1S/C23H33N5O4/c1-27(2)22(18-6-8-24-9-7-18)17-25-23(29)26-20-16-19(32-15-14-30-3)4-5-21(20)28-10-12-31-13-11-28/h4-9,16,22H,10-15,17H2,1-3H3,(H2,25,26,29). The molecule has 1 aromatic carbocycles. The van der Waals surface area contributed by atoms with Gasteiger partial charge in [-0.15, -0.1) is 0 Å². The molecular formula is C23H33N5O4. The molecule has 2 heterocycles. The van der Waals surface area contributed by atoms with Crippen LogP contribution in [0.25, 0.3) is 0 Å². The molecule has 9 nitrogen and oxygen atoms in total. The van der Waals surface area contributed by atoms with Crippen molar-refractivity contribution in [3.05, 3.63) is 48.3 Å². The van der Waals surface area contributed by atoms with Crippen LogP contribution in [-0.2, 0) is 9.47 Å². The Morgan fingerprint density at radius 2 is 1.94 bits per heavy atom. The predicted octanol–water partition coefficient (Wildman–Crippen LogP) is 2.37. The number of morpholine rings is 1. The minimum absolute atomic E-state index is 0.0335. The quantitative estimate of drug-likeness (QED) is 0.545. The summed E-state index contributed by atoms with van der Waals surface area (Å²) < 4.78 is 16.3. The molecular weight excluding hydrogens is 410 g/mol. The first-order chi connectivity index (χ1) is 15.6. The van der Waals surface area contributed by atoms with Gasteiger partial charge in [-0.05, 0) is 43.9 Å². The smallest absolute Gasteiger partial charge is 0.319 e.